The molecule has 0 bridgehead atoms. The number of nitrogens with zero attached hydrogens (tertiary/aromatic N) is 6. The molecule has 3 rings (SSSR count). The Bertz CT molecular complexity index is 842. The van der Waals surface area contributed by atoms with Crippen molar-refractivity contribution in [2.24, 2.45) is 16.0 Å². The number of amidine groups is 1. The van der Waals surface area contributed by atoms with Gasteiger partial charge in [-0.15, -0.1) is 0 Å². The molecule has 0 radical (unpaired) electrons. The number of aliphatic hydroxyl groups is 2. The third kappa shape index (κ3) is 3.43. The van der Waals surface area contributed by atoms with Crippen LogP contribution in [0.4, 0.5) is 5.82 Å². The van der Waals surface area contributed by atoms with E-state index in [2.05, 4.69) is 25.3 Å². The monoisotopic (exact) mass is 377 g/mol. The van der Waals surface area contributed by atoms with E-state index in [1.165, 1.54) is 10.9 Å². The summed E-state index contributed by atoms with van der Waals surface area (Å²) in [7, 11) is 0. The van der Waals surface area contributed by atoms with Crippen LogP contribution in [-0.2, 0) is 9.53 Å². The Labute approximate surface area is 153 Å². The number of imidazole rings is 1. The van der Waals surface area contributed by atoms with E-state index < -0.39 is 31.1 Å². The van der Waals surface area contributed by atoms with Crippen molar-refractivity contribution >= 4 is 23.3 Å². The summed E-state index contributed by atoms with van der Waals surface area (Å²) in [5.74, 6) is -0.616. The summed E-state index contributed by atoms with van der Waals surface area (Å²) in [5.41, 5.74) is 8.73. The number of amides is 1. The summed E-state index contributed by atoms with van der Waals surface area (Å²) < 4.78 is 6.91. The van der Waals surface area contributed by atoms with Gasteiger partial charge in [0.05, 0.1) is 31.5 Å². The van der Waals surface area contributed by atoms with Gasteiger partial charge in [-0.2, -0.15) is 0 Å². The van der Waals surface area contributed by atoms with Crippen LogP contribution in [-0.4, -0.2) is 62.1 Å². The number of nitrogens with one attached hydrogen (secondary N) is 1. The highest BCUT2D eigenvalue weighted by atomic mass is 16.5. The van der Waals surface area contributed by atoms with Crippen LogP contribution < -0.4 is 5.32 Å². The Morgan fingerprint density at radius 1 is 1.59 bits per heavy atom. The molecular weight excluding hydrogens is 358 g/mol. The van der Waals surface area contributed by atoms with E-state index in [4.69, 9.17) is 10.3 Å². The van der Waals surface area contributed by atoms with Gasteiger partial charge in [0.25, 0.3) is 0 Å². The largest absolute Gasteiger partial charge is 0.394 e. The molecule has 144 valence electrons. The standard InChI is InChI=1S/C15H19N7O5/c1-6(2)14(26)19-9-3-7(24)10-13(18-9)22(5-17-10)15-12(25)11(20-21-16)8(4-23)27-15/h5-6,8,11-12,15,23,25H,3-4H2,1-2H3,(H,18,19,26)/t8-,11-,12-,15-/m1/s1. The third-order valence-corrected chi connectivity index (χ3v) is 4.37. The normalized spacial score (nSPS) is 27.1. The number of hydrogen-bond acceptors (Lipinski definition) is 8. The van der Waals surface area contributed by atoms with Crippen molar-refractivity contribution in [3.63, 3.8) is 0 Å². The van der Waals surface area contributed by atoms with E-state index in [1.54, 1.807) is 13.8 Å². The van der Waals surface area contributed by atoms with Gasteiger partial charge in [-0.05, 0) is 5.53 Å². The minimum absolute atomic E-state index is 0.0844. The second-order valence-electron chi connectivity index (χ2n) is 6.56. The lowest BCUT2D eigenvalue weighted by molar-refractivity contribution is -0.122. The van der Waals surface area contributed by atoms with Gasteiger partial charge in [0.2, 0.25) is 5.91 Å². The molecule has 1 aromatic rings. The Kier molecular flexibility index (Phi) is 5.24. The van der Waals surface area contributed by atoms with Crippen LogP contribution in [0.1, 0.15) is 37.0 Å². The summed E-state index contributed by atoms with van der Waals surface area (Å²) in [6.45, 7) is 2.96. The lowest BCUT2D eigenvalue weighted by atomic mass is 10.1. The number of carbonyl (C=O) groups excluding carboxylic acids is 2. The number of azide groups is 1. The van der Waals surface area contributed by atoms with Gasteiger partial charge in [0.1, 0.15) is 11.9 Å². The van der Waals surface area contributed by atoms with E-state index in [1.807, 2.05) is 0 Å². The smallest absolute Gasteiger partial charge is 0.227 e. The molecule has 4 atom stereocenters. The van der Waals surface area contributed by atoms with Crippen molar-refractivity contribution in [2.45, 2.75) is 44.7 Å². The van der Waals surface area contributed by atoms with E-state index in [0.717, 1.165) is 0 Å². The van der Waals surface area contributed by atoms with Crippen LogP contribution in [0.25, 0.3) is 10.4 Å². The molecular formula is C15H19N7O5. The molecule has 12 heteroatoms. The van der Waals surface area contributed by atoms with Crippen LogP contribution in [0.2, 0.25) is 0 Å². The first-order chi connectivity index (χ1) is 12.9. The topological polar surface area (TPSA) is 175 Å². The number of Topliss-reactive ketones (excluding diaryl/α,β-unsaturated/α-hetero) is 1. The molecule has 1 aromatic heterocycles. The van der Waals surface area contributed by atoms with Crippen molar-refractivity contribution in [1.82, 2.24) is 14.9 Å². The van der Waals surface area contributed by atoms with Crippen molar-refractivity contribution in [3.8, 4) is 0 Å². The molecule has 0 aromatic carbocycles. The molecule has 1 amide bonds. The molecule has 0 unspecified atom stereocenters. The van der Waals surface area contributed by atoms with Gasteiger partial charge in [0, 0.05) is 10.8 Å². The highest BCUT2D eigenvalue weighted by Crippen LogP contribution is 2.36. The Morgan fingerprint density at radius 2 is 2.33 bits per heavy atom. The molecule has 3 N–H and O–H groups in total. The molecule has 1 saturated heterocycles. The second-order valence-corrected chi connectivity index (χ2v) is 6.56. The molecule has 0 aliphatic carbocycles. The van der Waals surface area contributed by atoms with Gasteiger partial charge < -0.3 is 20.3 Å². The first kappa shape index (κ1) is 19.0. The number of aromatic nitrogens is 2. The number of ketones is 1. The quantitative estimate of drug-likeness (QED) is 0.383. The van der Waals surface area contributed by atoms with Crippen molar-refractivity contribution in [1.29, 1.82) is 0 Å². The predicted molar refractivity (Wildman–Crippen MR) is 91.2 cm³/mol. The lowest BCUT2D eigenvalue weighted by Crippen LogP contribution is -2.36. The van der Waals surface area contributed by atoms with Gasteiger partial charge >= 0.3 is 0 Å². The number of aliphatic hydroxyl groups excluding tert-OH is 2. The Hall–Kier alpha value is -2.79. The maximum atomic E-state index is 12.3. The Balaban J connectivity index is 1.95. The zero-order valence-corrected chi connectivity index (χ0v) is 14.7. The van der Waals surface area contributed by atoms with E-state index >= 15 is 0 Å². The SMILES string of the molecule is CC(C)C(=O)NC1=Nc2c(ncn2[C@@H]2O[C@H](CO)[C@@H](N=[N+]=[N-])[C@H]2O)C(=O)C1. The summed E-state index contributed by atoms with van der Waals surface area (Å²) in [6, 6.07) is -1.01. The minimum atomic E-state index is -1.28. The first-order valence-corrected chi connectivity index (χ1v) is 8.34. The van der Waals surface area contributed by atoms with Crippen LogP contribution in [0.5, 0.6) is 0 Å². The highest BCUT2D eigenvalue weighted by molar-refractivity contribution is 6.16. The molecule has 0 spiro atoms. The number of rotatable bonds is 4. The van der Waals surface area contributed by atoms with Crippen molar-refractivity contribution < 1.29 is 24.5 Å². The highest BCUT2D eigenvalue weighted by Gasteiger charge is 2.45. The first-order valence-electron chi connectivity index (χ1n) is 8.34. The maximum absolute atomic E-state index is 12.3. The molecule has 3 heterocycles. The molecule has 0 saturated carbocycles. The fraction of sp³-hybridized carbons (Fsp3) is 0.600. The van der Waals surface area contributed by atoms with Gasteiger partial charge in [-0.3, -0.25) is 14.2 Å². The van der Waals surface area contributed by atoms with Crippen LogP contribution >= 0.6 is 0 Å². The number of aliphatic imine (C=N–C) groups is 1. The summed E-state index contributed by atoms with van der Waals surface area (Å²) in [5, 5.41) is 25.9. The van der Waals surface area contributed by atoms with Crippen molar-refractivity contribution in [3.05, 3.63) is 22.5 Å². The van der Waals surface area contributed by atoms with Gasteiger partial charge in [-0.1, -0.05) is 19.0 Å². The maximum Gasteiger partial charge on any atom is 0.227 e. The van der Waals surface area contributed by atoms with Crippen LogP contribution in [0.15, 0.2) is 16.4 Å². The molecule has 1 fully saturated rings. The van der Waals surface area contributed by atoms with Crippen LogP contribution in [0, 0.1) is 5.92 Å². The zero-order valence-electron chi connectivity index (χ0n) is 14.7. The summed E-state index contributed by atoms with van der Waals surface area (Å²) in [6.07, 6.45) is -2.08. The fourth-order valence-corrected chi connectivity index (χ4v) is 2.92. The summed E-state index contributed by atoms with van der Waals surface area (Å²) >= 11 is 0. The number of carbonyl (C=O) groups is 2. The molecule has 12 nitrogen and oxygen atoms in total. The minimum Gasteiger partial charge on any atom is -0.394 e. The average molecular weight is 377 g/mol. The van der Waals surface area contributed by atoms with Crippen LogP contribution in [0.3, 0.4) is 0 Å². The lowest BCUT2D eigenvalue weighted by Gasteiger charge is -2.20. The zero-order chi connectivity index (χ0) is 19.7. The molecule has 2 aliphatic rings. The number of hydrogen-bond donors (Lipinski definition) is 3. The van der Waals surface area contributed by atoms with Crippen molar-refractivity contribution in [2.75, 3.05) is 6.61 Å². The van der Waals surface area contributed by atoms with Gasteiger partial charge in [0.15, 0.2) is 23.5 Å². The average Bonchev–Trinajstić information content (AvgIpc) is 3.17. The predicted octanol–water partition coefficient (Wildman–Crippen LogP) is 0.201. The van der Waals surface area contributed by atoms with E-state index in [0.29, 0.717) is 0 Å². The second kappa shape index (κ2) is 7.45. The molecule has 27 heavy (non-hydrogen) atoms. The van der Waals surface area contributed by atoms with E-state index in [9.17, 15) is 19.8 Å². The number of ether oxygens (including phenoxy) is 1. The fourth-order valence-electron chi connectivity index (χ4n) is 2.92. The summed E-state index contributed by atoms with van der Waals surface area (Å²) in [4.78, 5) is 35.2. The number of fused-ring (bicyclic) bond motifs is 1. The molecule has 2 aliphatic heterocycles. The Morgan fingerprint density at radius 3 is 2.96 bits per heavy atom. The van der Waals surface area contributed by atoms with E-state index in [-0.39, 0.29) is 41.4 Å². The third-order valence-electron chi connectivity index (χ3n) is 4.37. The van der Waals surface area contributed by atoms with Gasteiger partial charge in [-0.25, -0.2) is 9.98 Å².